The number of likely N-dealkylation sites (tertiary alicyclic amines) is 1. The molecule has 2 aromatic carbocycles. The molecular weight excluding hydrogens is 487 g/mol. The Bertz CT molecular complexity index is 1240. The summed E-state index contributed by atoms with van der Waals surface area (Å²) >= 11 is 0. The fraction of sp³-hybridized carbons (Fsp3) is 0.385. The second-order valence-corrected chi connectivity index (χ2v) is 13.1. The van der Waals surface area contributed by atoms with Crippen molar-refractivity contribution in [2.45, 2.75) is 42.4 Å². The number of ketones is 1. The maximum atomic E-state index is 14.8. The van der Waals surface area contributed by atoms with Gasteiger partial charge in [-0.2, -0.15) is 0 Å². The Kier molecular flexibility index (Phi) is 7.78. The van der Waals surface area contributed by atoms with Crippen LogP contribution in [0.3, 0.4) is 0 Å². The quantitative estimate of drug-likeness (QED) is 0.422. The van der Waals surface area contributed by atoms with Gasteiger partial charge >= 0.3 is 0 Å². The highest BCUT2D eigenvalue weighted by molar-refractivity contribution is 8.72. The zero-order valence-corrected chi connectivity index (χ0v) is 21.4. The highest BCUT2D eigenvalue weighted by Gasteiger charge is 2.42. The number of Topliss-reactive ketones (excluding diaryl/α,β-unsaturated/α-hetero) is 1. The van der Waals surface area contributed by atoms with Crippen LogP contribution in [-0.4, -0.2) is 50.4 Å². The van der Waals surface area contributed by atoms with Crippen LogP contribution in [0.25, 0.3) is 0 Å². The van der Waals surface area contributed by atoms with E-state index in [0.29, 0.717) is 24.1 Å². The Morgan fingerprint density at radius 1 is 1.11 bits per heavy atom. The highest BCUT2D eigenvalue weighted by atomic mass is 33.1. The number of rotatable bonds is 8. The van der Waals surface area contributed by atoms with Crippen molar-refractivity contribution in [1.29, 1.82) is 0 Å². The van der Waals surface area contributed by atoms with Gasteiger partial charge in [-0.15, -0.1) is 0 Å². The van der Waals surface area contributed by atoms with Crippen molar-refractivity contribution >= 4 is 31.4 Å². The molecule has 2 aromatic rings. The first-order valence-corrected chi connectivity index (χ1v) is 14.5. The first-order valence-electron chi connectivity index (χ1n) is 11.6. The third-order valence-corrected chi connectivity index (χ3v) is 10.3. The summed E-state index contributed by atoms with van der Waals surface area (Å²) in [5.41, 5.74) is 1.88. The van der Waals surface area contributed by atoms with Crippen LogP contribution in [0.2, 0.25) is 0 Å². The summed E-state index contributed by atoms with van der Waals surface area (Å²) in [4.78, 5) is 27.6. The van der Waals surface area contributed by atoms with Gasteiger partial charge in [-0.05, 0) is 60.8 Å². The molecule has 35 heavy (non-hydrogen) atoms. The predicted octanol–water partition coefficient (Wildman–Crippen LogP) is 4.02. The third kappa shape index (κ3) is 6.02. The van der Waals surface area contributed by atoms with E-state index in [0.717, 1.165) is 29.2 Å². The summed E-state index contributed by atoms with van der Waals surface area (Å²) in [6.45, 7) is 2.49. The molecule has 1 N–H and O–H groups in total. The van der Waals surface area contributed by atoms with Crippen LogP contribution in [0.15, 0.2) is 65.1 Å². The molecule has 1 heterocycles. The Hall–Kier alpha value is -2.49. The lowest BCUT2D eigenvalue weighted by Gasteiger charge is -2.38. The number of carbonyl (C=O) groups excluding carboxylic acids is 2. The minimum Gasteiger partial charge on any atom is -0.356 e. The fourth-order valence-corrected chi connectivity index (χ4v) is 7.92. The summed E-state index contributed by atoms with van der Waals surface area (Å²) < 4.78 is 41.0. The second-order valence-electron chi connectivity index (χ2n) is 9.05. The van der Waals surface area contributed by atoms with Crippen molar-refractivity contribution in [2.75, 3.05) is 20.1 Å². The van der Waals surface area contributed by atoms with Crippen molar-refractivity contribution in [3.63, 3.8) is 0 Å². The van der Waals surface area contributed by atoms with E-state index in [1.54, 1.807) is 42.5 Å². The lowest BCUT2D eigenvalue weighted by Crippen LogP contribution is -2.43. The number of carbonyl (C=O) groups is 2. The van der Waals surface area contributed by atoms with E-state index in [2.05, 4.69) is 5.32 Å². The van der Waals surface area contributed by atoms with Crippen molar-refractivity contribution in [2.24, 2.45) is 5.92 Å². The minimum absolute atomic E-state index is 0.0206. The largest absolute Gasteiger partial charge is 0.356 e. The topological polar surface area (TPSA) is 83.6 Å². The summed E-state index contributed by atoms with van der Waals surface area (Å²) in [5, 5.41) is 2.08. The van der Waals surface area contributed by atoms with E-state index >= 15 is 0 Å². The van der Waals surface area contributed by atoms with Crippen LogP contribution < -0.4 is 5.32 Å². The molecule has 1 saturated carbocycles. The molecule has 9 heteroatoms. The van der Waals surface area contributed by atoms with Crippen molar-refractivity contribution in [3.8, 4) is 0 Å². The maximum Gasteiger partial charge on any atom is 0.243 e. The van der Waals surface area contributed by atoms with E-state index in [1.165, 1.54) is 19.2 Å². The minimum atomic E-state index is -3.67. The SMILES string of the molecule is CNC(=O)C=C1CN(C(C(=O)C2CC2)c2ccccc2F)CCC1SS(=O)(=O)c1ccc(C)cc1. The molecule has 0 aromatic heterocycles. The Morgan fingerprint density at radius 3 is 2.43 bits per heavy atom. The van der Waals surface area contributed by atoms with Gasteiger partial charge in [0, 0.05) is 42.9 Å². The lowest BCUT2D eigenvalue weighted by atomic mass is 9.93. The number of aryl methyl sites for hydroxylation is 1. The van der Waals surface area contributed by atoms with Crippen molar-refractivity contribution < 1.29 is 22.4 Å². The van der Waals surface area contributed by atoms with E-state index in [4.69, 9.17) is 0 Å². The molecule has 2 aliphatic rings. The number of hydrogen-bond acceptors (Lipinski definition) is 6. The predicted molar refractivity (Wildman–Crippen MR) is 135 cm³/mol. The molecule has 1 aliphatic carbocycles. The van der Waals surface area contributed by atoms with Gasteiger partial charge in [0.2, 0.25) is 14.8 Å². The van der Waals surface area contributed by atoms with Crippen molar-refractivity contribution in [3.05, 3.63) is 77.1 Å². The van der Waals surface area contributed by atoms with Gasteiger partial charge in [0.15, 0.2) is 5.78 Å². The van der Waals surface area contributed by atoms with Crippen molar-refractivity contribution in [1.82, 2.24) is 10.2 Å². The van der Waals surface area contributed by atoms with Gasteiger partial charge in [-0.1, -0.05) is 35.9 Å². The normalized spacial score (nSPS) is 21.0. The van der Waals surface area contributed by atoms with Gasteiger partial charge in [0.1, 0.15) is 5.82 Å². The number of piperidine rings is 1. The summed E-state index contributed by atoms with van der Waals surface area (Å²) in [6, 6.07) is 12.2. The molecular formula is C26H29FN2O4S2. The number of amides is 1. The van der Waals surface area contributed by atoms with E-state index < -0.39 is 26.0 Å². The summed E-state index contributed by atoms with van der Waals surface area (Å²) in [5.74, 6) is -0.898. The van der Waals surface area contributed by atoms with Crippen LogP contribution in [-0.2, 0) is 18.5 Å². The van der Waals surface area contributed by atoms with Gasteiger partial charge in [-0.3, -0.25) is 14.5 Å². The van der Waals surface area contributed by atoms with Crippen LogP contribution in [0.4, 0.5) is 4.39 Å². The standard InChI is InChI=1S/C26H29FN2O4S2/c1-17-7-11-20(12-8-17)35(32,33)34-23-13-14-29(16-19(23)15-24(30)28-2)25(26(31)18-9-10-18)21-5-3-4-6-22(21)27/h3-8,11-12,15,18,23,25H,9-10,13-14,16H2,1-2H3,(H,28,30). The molecule has 2 unspecified atom stereocenters. The zero-order valence-electron chi connectivity index (χ0n) is 19.7. The molecule has 2 atom stereocenters. The van der Waals surface area contributed by atoms with Gasteiger partial charge in [-0.25, -0.2) is 12.8 Å². The van der Waals surface area contributed by atoms with Crippen LogP contribution in [0.1, 0.15) is 36.4 Å². The highest BCUT2D eigenvalue weighted by Crippen LogP contribution is 2.41. The number of nitrogens with zero attached hydrogens (tertiary/aromatic N) is 1. The third-order valence-electron chi connectivity index (χ3n) is 6.41. The number of benzene rings is 2. The van der Waals surface area contributed by atoms with Crippen LogP contribution >= 0.6 is 10.8 Å². The molecule has 1 saturated heterocycles. The molecule has 0 bridgehead atoms. The first kappa shape index (κ1) is 25.6. The Balaban J connectivity index is 1.63. The maximum absolute atomic E-state index is 14.8. The molecule has 0 spiro atoms. The molecule has 1 amide bonds. The monoisotopic (exact) mass is 516 g/mol. The fourth-order valence-electron chi connectivity index (χ4n) is 4.32. The van der Waals surface area contributed by atoms with E-state index in [1.807, 2.05) is 11.8 Å². The van der Waals surface area contributed by atoms with E-state index in [9.17, 15) is 22.4 Å². The second kappa shape index (κ2) is 10.6. The smallest absolute Gasteiger partial charge is 0.243 e. The van der Waals surface area contributed by atoms with Gasteiger partial charge in [0.05, 0.1) is 10.9 Å². The van der Waals surface area contributed by atoms with Gasteiger partial charge in [0.25, 0.3) is 0 Å². The average molecular weight is 517 g/mol. The number of hydrogen-bond donors (Lipinski definition) is 1. The van der Waals surface area contributed by atoms with Crippen LogP contribution in [0.5, 0.6) is 0 Å². The average Bonchev–Trinajstić information content (AvgIpc) is 3.67. The Morgan fingerprint density at radius 2 is 1.80 bits per heavy atom. The number of likely N-dealkylation sites (N-methyl/N-ethyl adjacent to an activating group) is 1. The molecule has 4 rings (SSSR count). The van der Waals surface area contributed by atoms with E-state index in [-0.39, 0.29) is 29.0 Å². The van der Waals surface area contributed by atoms with Gasteiger partial charge < -0.3 is 5.32 Å². The first-order chi connectivity index (χ1) is 16.7. The zero-order chi connectivity index (χ0) is 25.2. The molecule has 186 valence electrons. The molecule has 0 radical (unpaired) electrons. The lowest BCUT2D eigenvalue weighted by molar-refractivity contribution is -0.126. The van der Waals surface area contributed by atoms with Crippen LogP contribution in [0, 0.1) is 18.7 Å². The Labute approximate surface area is 209 Å². The molecule has 6 nitrogen and oxygen atoms in total. The molecule has 1 aliphatic heterocycles. The number of nitrogens with one attached hydrogen (secondary N) is 1. The summed E-state index contributed by atoms with van der Waals surface area (Å²) in [6.07, 6.45) is 3.41. The number of halogens is 1. The summed E-state index contributed by atoms with van der Waals surface area (Å²) in [7, 11) is -1.35. The molecule has 2 fully saturated rings.